The smallest absolute Gasteiger partial charge is 0.119 e. The third kappa shape index (κ3) is 2.38. The first-order chi connectivity index (χ1) is 9.97. The van der Waals surface area contributed by atoms with E-state index in [1.807, 2.05) is 6.07 Å². The first kappa shape index (κ1) is 14.9. The number of rotatable bonds is 5. The highest BCUT2D eigenvalue weighted by Gasteiger charge is 2.60. The number of benzene rings is 1. The molecule has 2 bridgehead atoms. The predicted molar refractivity (Wildman–Crippen MR) is 87.7 cm³/mol. The summed E-state index contributed by atoms with van der Waals surface area (Å²) in [5.41, 5.74) is 2.33. The molecule has 3 atom stereocenters. The van der Waals surface area contributed by atoms with Crippen LogP contribution in [0.15, 0.2) is 24.3 Å². The lowest BCUT2D eigenvalue weighted by Gasteiger charge is -2.39. The molecule has 3 rings (SSSR count). The molecule has 0 aliphatic heterocycles. The van der Waals surface area contributed by atoms with Crippen molar-refractivity contribution in [2.24, 2.45) is 16.7 Å². The monoisotopic (exact) mass is 287 g/mol. The van der Waals surface area contributed by atoms with Crippen LogP contribution < -0.4 is 10.1 Å². The van der Waals surface area contributed by atoms with E-state index in [1.54, 1.807) is 7.11 Å². The van der Waals surface area contributed by atoms with E-state index in [0.29, 0.717) is 16.9 Å². The van der Waals surface area contributed by atoms with Crippen molar-refractivity contribution in [3.8, 4) is 5.75 Å². The molecule has 0 heterocycles. The number of ether oxygens (including phenoxy) is 1. The summed E-state index contributed by atoms with van der Waals surface area (Å²) in [6.07, 6.45) is 5.26. The van der Waals surface area contributed by atoms with Gasteiger partial charge < -0.3 is 10.1 Å². The minimum atomic E-state index is 0.478. The Labute approximate surface area is 129 Å². The third-order valence-electron chi connectivity index (χ3n) is 6.73. The number of methoxy groups -OCH3 is 1. The van der Waals surface area contributed by atoms with Crippen molar-refractivity contribution < 1.29 is 4.74 Å². The average Bonchev–Trinajstić information content (AvgIpc) is 2.81. The van der Waals surface area contributed by atoms with Crippen molar-refractivity contribution in [2.75, 3.05) is 13.7 Å². The fourth-order valence-corrected chi connectivity index (χ4v) is 4.73. The van der Waals surface area contributed by atoms with Crippen LogP contribution in [0.25, 0.3) is 0 Å². The van der Waals surface area contributed by atoms with Crippen molar-refractivity contribution in [1.29, 1.82) is 0 Å². The topological polar surface area (TPSA) is 21.3 Å². The lowest BCUT2D eigenvalue weighted by Crippen LogP contribution is -2.45. The zero-order valence-corrected chi connectivity index (χ0v) is 13.9. The average molecular weight is 287 g/mol. The Morgan fingerprint density at radius 3 is 2.71 bits per heavy atom. The number of nitrogens with one attached hydrogen (secondary N) is 1. The van der Waals surface area contributed by atoms with Crippen molar-refractivity contribution in [1.82, 2.24) is 5.32 Å². The Bertz CT molecular complexity index is 510. The minimum absolute atomic E-state index is 0.478. The molecule has 2 aliphatic carbocycles. The molecular formula is C19H29NO. The Morgan fingerprint density at radius 2 is 2.10 bits per heavy atom. The fourth-order valence-electron chi connectivity index (χ4n) is 4.73. The lowest BCUT2D eigenvalue weighted by molar-refractivity contribution is 0.121. The summed E-state index contributed by atoms with van der Waals surface area (Å²) in [4.78, 5) is 0. The van der Waals surface area contributed by atoms with E-state index < -0.39 is 0 Å². The lowest BCUT2D eigenvalue weighted by atomic mass is 9.69. The van der Waals surface area contributed by atoms with Crippen LogP contribution in [0.2, 0.25) is 0 Å². The van der Waals surface area contributed by atoms with Gasteiger partial charge in [-0.15, -0.1) is 0 Å². The van der Waals surface area contributed by atoms with Gasteiger partial charge in [-0.3, -0.25) is 0 Å². The summed E-state index contributed by atoms with van der Waals surface area (Å²) in [5.74, 6) is 1.87. The maximum Gasteiger partial charge on any atom is 0.119 e. The van der Waals surface area contributed by atoms with Gasteiger partial charge in [0.1, 0.15) is 5.75 Å². The zero-order valence-electron chi connectivity index (χ0n) is 13.9. The van der Waals surface area contributed by atoms with Gasteiger partial charge in [-0.2, -0.15) is 0 Å². The summed E-state index contributed by atoms with van der Waals surface area (Å²) in [6.45, 7) is 8.53. The SMILES string of the molecule is COc1cccc(CCNC2CC3CCC2(C)C3(C)C)c1. The summed E-state index contributed by atoms with van der Waals surface area (Å²) in [7, 11) is 1.73. The van der Waals surface area contributed by atoms with Gasteiger partial charge in [0.15, 0.2) is 0 Å². The predicted octanol–water partition coefficient (Wildman–Crippen LogP) is 4.04. The van der Waals surface area contributed by atoms with Gasteiger partial charge in [0, 0.05) is 6.04 Å². The number of hydrogen-bond donors (Lipinski definition) is 1. The molecule has 2 fully saturated rings. The van der Waals surface area contributed by atoms with E-state index in [4.69, 9.17) is 4.74 Å². The molecule has 0 spiro atoms. The molecular weight excluding hydrogens is 258 g/mol. The van der Waals surface area contributed by atoms with Crippen molar-refractivity contribution in [3.63, 3.8) is 0 Å². The highest BCUT2D eigenvalue weighted by molar-refractivity contribution is 5.28. The highest BCUT2D eigenvalue weighted by Crippen LogP contribution is 2.65. The first-order valence-corrected chi connectivity index (χ1v) is 8.34. The normalized spacial score (nSPS) is 33.3. The maximum atomic E-state index is 5.30. The van der Waals surface area contributed by atoms with Gasteiger partial charge in [0.05, 0.1) is 7.11 Å². The van der Waals surface area contributed by atoms with Crippen LogP contribution in [0.5, 0.6) is 5.75 Å². The van der Waals surface area contributed by atoms with Crippen LogP contribution in [0, 0.1) is 16.7 Å². The quantitative estimate of drug-likeness (QED) is 0.882. The second kappa shape index (κ2) is 5.31. The highest BCUT2D eigenvalue weighted by atomic mass is 16.5. The second-order valence-corrected chi connectivity index (χ2v) is 7.72. The van der Waals surface area contributed by atoms with Crippen LogP contribution in [0.3, 0.4) is 0 Å². The minimum Gasteiger partial charge on any atom is -0.497 e. The van der Waals surface area contributed by atoms with E-state index >= 15 is 0 Å². The van der Waals surface area contributed by atoms with E-state index in [0.717, 1.165) is 24.6 Å². The number of fused-ring (bicyclic) bond motifs is 2. The van der Waals surface area contributed by atoms with Crippen LogP contribution in [0.4, 0.5) is 0 Å². The van der Waals surface area contributed by atoms with Crippen LogP contribution >= 0.6 is 0 Å². The van der Waals surface area contributed by atoms with Gasteiger partial charge >= 0.3 is 0 Å². The molecule has 3 unspecified atom stereocenters. The summed E-state index contributed by atoms with van der Waals surface area (Å²) in [5, 5.41) is 3.85. The van der Waals surface area contributed by atoms with Gasteiger partial charge in [-0.1, -0.05) is 32.9 Å². The Morgan fingerprint density at radius 1 is 1.29 bits per heavy atom. The van der Waals surface area contributed by atoms with Crippen LogP contribution in [-0.2, 0) is 6.42 Å². The Hall–Kier alpha value is -1.02. The number of hydrogen-bond acceptors (Lipinski definition) is 2. The molecule has 21 heavy (non-hydrogen) atoms. The van der Waals surface area contributed by atoms with E-state index in [1.165, 1.54) is 24.8 Å². The zero-order chi connectivity index (χ0) is 15.1. The fraction of sp³-hybridized carbons (Fsp3) is 0.684. The molecule has 2 aliphatic rings. The van der Waals surface area contributed by atoms with Crippen LogP contribution in [0.1, 0.15) is 45.6 Å². The van der Waals surface area contributed by atoms with Crippen LogP contribution in [-0.4, -0.2) is 19.7 Å². The van der Waals surface area contributed by atoms with Gasteiger partial charge in [0.2, 0.25) is 0 Å². The van der Waals surface area contributed by atoms with E-state index in [-0.39, 0.29) is 0 Å². The second-order valence-electron chi connectivity index (χ2n) is 7.72. The summed E-state index contributed by atoms with van der Waals surface area (Å²) >= 11 is 0. The molecule has 0 radical (unpaired) electrons. The van der Waals surface area contributed by atoms with Gasteiger partial charge in [0.25, 0.3) is 0 Å². The Balaban J connectivity index is 1.57. The van der Waals surface area contributed by atoms with Crippen molar-refractivity contribution >= 4 is 0 Å². The molecule has 116 valence electrons. The van der Waals surface area contributed by atoms with Gasteiger partial charge in [-0.25, -0.2) is 0 Å². The largest absolute Gasteiger partial charge is 0.497 e. The molecule has 0 amide bonds. The third-order valence-corrected chi connectivity index (χ3v) is 6.73. The van der Waals surface area contributed by atoms with E-state index in [2.05, 4.69) is 44.3 Å². The van der Waals surface area contributed by atoms with Gasteiger partial charge in [-0.05, 0) is 66.7 Å². The molecule has 1 aromatic carbocycles. The molecule has 0 saturated heterocycles. The maximum absolute atomic E-state index is 5.30. The molecule has 2 saturated carbocycles. The Kier molecular flexibility index (Phi) is 3.77. The summed E-state index contributed by atoms with van der Waals surface area (Å²) < 4.78 is 5.30. The molecule has 2 heteroatoms. The standard InChI is InChI=1S/C19H29NO/c1-18(2)15-8-10-19(18,3)17(13-15)20-11-9-14-6-5-7-16(12-14)21-4/h5-7,12,15,17,20H,8-11,13H2,1-4H3. The molecule has 1 N–H and O–H groups in total. The van der Waals surface area contributed by atoms with E-state index in [9.17, 15) is 0 Å². The first-order valence-electron chi connectivity index (χ1n) is 8.34. The molecule has 0 aromatic heterocycles. The molecule has 2 nitrogen and oxygen atoms in total. The molecule has 1 aromatic rings. The summed E-state index contributed by atoms with van der Waals surface area (Å²) in [6, 6.07) is 9.12. The van der Waals surface area contributed by atoms with Crippen molar-refractivity contribution in [2.45, 2.75) is 52.5 Å². The van der Waals surface area contributed by atoms with Crippen molar-refractivity contribution in [3.05, 3.63) is 29.8 Å².